The minimum Gasteiger partial charge on any atom is -0.462 e. The van der Waals surface area contributed by atoms with Crippen molar-refractivity contribution in [1.29, 1.82) is 0 Å². The molecule has 0 radical (unpaired) electrons. The molecule has 0 aliphatic rings. The molecule has 0 fully saturated rings. The van der Waals surface area contributed by atoms with Crippen molar-refractivity contribution in [2.75, 3.05) is 20.8 Å². The number of carbonyl (C=O) groups excluding carboxylic acids is 1. The Morgan fingerprint density at radius 1 is 0.808 bits per heavy atom. The third-order valence-corrected chi connectivity index (χ3v) is 8.75. The predicted molar refractivity (Wildman–Crippen MR) is 112 cm³/mol. The Bertz CT molecular complexity index is 359. The van der Waals surface area contributed by atoms with E-state index in [1.807, 2.05) is 0 Å². The van der Waals surface area contributed by atoms with Crippen molar-refractivity contribution >= 4 is 14.5 Å². The maximum Gasteiger partial charge on any atom is 0.337 e. The summed E-state index contributed by atoms with van der Waals surface area (Å²) < 4.78 is 16.4. The lowest BCUT2D eigenvalue weighted by Crippen LogP contribution is -2.38. The fourth-order valence-electron chi connectivity index (χ4n) is 3.13. The summed E-state index contributed by atoms with van der Waals surface area (Å²) in [5.74, 6) is -0.267. The molecule has 0 aromatic heterocycles. The minimum absolute atomic E-state index is 0.267. The second-order valence-corrected chi connectivity index (χ2v) is 11.1. The van der Waals surface area contributed by atoms with Gasteiger partial charge in [-0.25, -0.2) is 4.79 Å². The summed E-state index contributed by atoms with van der Waals surface area (Å²) in [6, 6.07) is 2.16. The fourth-order valence-corrected chi connectivity index (χ4v) is 5.42. The third kappa shape index (κ3) is 12.7. The molecule has 0 aliphatic carbocycles. The van der Waals surface area contributed by atoms with Gasteiger partial charge in [0.25, 0.3) is 0 Å². The van der Waals surface area contributed by atoms with Gasteiger partial charge in [-0.2, -0.15) is 0 Å². The van der Waals surface area contributed by atoms with Crippen LogP contribution in [0.15, 0.2) is 12.2 Å². The van der Waals surface area contributed by atoms with E-state index in [0.717, 1.165) is 24.9 Å². The molecule has 0 saturated carbocycles. The van der Waals surface area contributed by atoms with E-state index in [2.05, 4.69) is 13.5 Å². The summed E-state index contributed by atoms with van der Waals surface area (Å²) in [5.41, 5.74) is 0.481. The topological polar surface area (TPSA) is 44.8 Å². The van der Waals surface area contributed by atoms with Gasteiger partial charge in [-0.1, -0.05) is 77.7 Å². The zero-order valence-corrected chi connectivity index (χ0v) is 18.7. The predicted octanol–water partition coefficient (Wildman–Crippen LogP) is 6.15. The normalized spacial score (nSPS) is 11.5. The highest BCUT2D eigenvalue weighted by atomic mass is 28.4. The summed E-state index contributed by atoms with van der Waals surface area (Å²) in [4.78, 5) is 11.2. The van der Waals surface area contributed by atoms with E-state index in [4.69, 9.17) is 13.6 Å². The van der Waals surface area contributed by atoms with E-state index in [1.54, 1.807) is 21.1 Å². The molecule has 154 valence electrons. The minimum atomic E-state index is -1.86. The van der Waals surface area contributed by atoms with E-state index in [0.29, 0.717) is 12.2 Å². The monoisotopic (exact) mass is 386 g/mol. The van der Waals surface area contributed by atoms with E-state index in [1.165, 1.54) is 57.8 Å². The first-order valence-corrected chi connectivity index (χ1v) is 12.7. The van der Waals surface area contributed by atoms with Crippen LogP contribution in [0.4, 0.5) is 0 Å². The molecule has 0 aliphatic heterocycles. The van der Waals surface area contributed by atoms with Gasteiger partial charge in [-0.15, -0.1) is 0 Å². The van der Waals surface area contributed by atoms with Crippen LogP contribution in [0.2, 0.25) is 12.1 Å². The Kier molecular flexibility index (Phi) is 16.1. The van der Waals surface area contributed by atoms with Crippen molar-refractivity contribution in [1.82, 2.24) is 0 Å². The molecular weight excluding hydrogens is 344 g/mol. The molecular formula is C21H42O4Si. The molecule has 0 rings (SSSR count). The average Bonchev–Trinajstić information content (AvgIpc) is 2.65. The molecule has 0 N–H and O–H groups in total. The van der Waals surface area contributed by atoms with Crippen molar-refractivity contribution in [3.8, 4) is 0 Å². The lowest BCUT2D eigenvalue weighted by Gasteiger charge is -2.25. The molecule has 0 heterocycles. The Labute approximate surface area is 162 Å². The molecule has 0 bridgehead atoms. The Morgan fingerprint density at radius 2 is 1.23 bits per heavy atom. The highest BCUT2D eigenvalue weighted by molar-refractivity contribution is 6.67. The van der Waals surface area contributed by atoms with Crippen LogP contribution in [-0.4, -0.2) is 35.4 Å². The highest BCUT2D eigenvalue weighted by Gasteiger charge is 2.32. The SMILES string of the molecule is C=C(C)C(=O)OCCCCCCCCCCCCC[Si](CC)(OC)OC. The van der Waals surface area contributed by atoms with Crippen LogP contribution in [0.5, 0.6) is 0 Å². The largest absolute Gasteiger partial charge is 0.462 e. The van der Waals surface area contributed by atoms with Crippen LogP contribution in [0.3, 0.4) is 0 Å². The number of unbranched alkanes of at least 4 members (excludes halogenated alkanes) is 10. The first-order chi connectivity index (χ1) is 12.5. The fraction of sp³-hybridized carbons (Fsp3) is 0.857. The first-order valence-electron chi connectivity index (χ1n) is 10.4. The maximum absolute atomic E-state index is 11.2. The molecule has 0 amide bonds. The van der Waals surface area contributed by atoms with Gasteiger partial charge >= 0.3 is 14.5 Å². The average molecular weight is 387 g/mol. The van der Waals surface area contributed by atoms with E-state index in [-0.39, 0.29) is 5.97 Å². The van der Waals surface area contributed by atoms with Crippen LogP contribution in [-0.2, 0) is 18.4 Å². The highest BCUT2D eigenvalue weighted by Crippen LogP contribution is 2.21. The van der Waals surface area contributed by atoms with Gasteiger partial charge in [0.2, 0.25) is 0 Å². The van der Waals surface area contributed by atoms with Crippen molar-refractivity contribution in [2.24, 2.45) is 0 Å². The smallest absolute Gasteiger partial charge is 0.337 e. The molecule has 0 aromatic rings. The number of hydrogen-bond donors (Lipinski definition) is 0. The zero-order chi connectivity index (χ0) is 19.7. The Morgan fingerprint density at radius 3 is 1.62 bits per heavy atom. The number of ether oxygens (including phenoxy) is 1. The molecule has 0 unspecified atom stereocenters. The van der Waals surface area contributed by atoms with E-state index < -0.39 is 8.56 Å². The van der Waals surface area contributed by atoms with Gasteiger partial charge in [0.1, 0.15) is 0 Å². The van der Waals surface area contributed by atoms with Crippen LogP contribution < -0.4 is 0 Å². The van der Waals surface area contributed by atoms with Crippen LogP contribution >= 0.6 is 0 Å². The summed E-state index contributed by atoms with van der Waals surface area (Å²) in [5, 5.41) is 0. The van der Waals surface area contributed by atoms with Gasteiger partial charge in [0.15, 0.2) is 0 Å². The molecule has 0 atom stereocenters. The van der Waals surface area contributed by atoms with Gasteiger partial charge in [-0.05, 0) is 25.4 Å². The summed E-state index contributed by atoms with van der Waals surface area (Å²) in [6.45, 7) is 7.96. The molecule has 26 heavy (non-hydrogen) atoms. The summed E-state index contributed by atoms with van der Waals surface area (Å²) >= 11 is 0. The van der Waals surface area contributed by atoms with Crippen LogP contribution in [0.25, 0.3) is 0 Å². The number of carbonyl (C=O) groups is 1. The third-order valence-electron chi connectivity index (χ3n) is 5.07. The number of esters is 1. The van der Waals surface area contributed by atoms with Crippen molar-refractivity contribution < 1.29 is 18.4 Å². The number of hydrogen-bond acceptors (Lipinski definition) is 4. The lowest BCUT2D eigenvalue weighted by molar-refractivity contribution is -0.139. The standard InChI is InChI=1S/C21H42O4Si/c1-6-26(23-4,24-5)19-17-15-13-11-9-7-8-10-12-14-16-18-25-21(22)20(2)3/h2,6-19H2,1,3-5H3. The molecule has 0 saturated heterocycles. The van der Waals surface area contributed by atoms with Gasteiger partial charge in [-0.3, -0.25) is 0 Å². The van der Waals surface area contributed by atoms with Crippen LogP contribution in [0, 0.1) is 0 Å². The molecule has 4 nitrogen and oxygen atoms in total. The molecule has 0 spiro atoms. The Hall–Kier alpha value is -0.653. The molecule has 5 heteroatoms. The zero-order valence-electron chi connectivity index (χ0n) is 17.7. The van der Waals surface area contributed by atoms with E-state index in [9.17, 15) is 4.79 Å². The van der Waals surface area contributed by atoms with Gasteiger partial charge in [0.05, 0.1) is 6.61 Å². The first kappa shape index (κ1) is 25.3. The van der Waals surface area contributed by atoms with Crippen molar-refractivity contribution in [2.45, 2.75) is 96.6 Å². The van der Waals surface area contributed by atoms with Crippen molar-refractivity contribution in [3.05, 3.63) is 12.2 Å². The van der Waals surface area contributed by atoms with Gasteiger partial charge < -0.3 is 13.6 Å². The lowest BCUT2D eigenvalue weighted by atomic mass is 10.1. The number of rotatable bonds is 18. The summed E-state index contributed by atoms with van der Waals surface area (Å²) in [7, 11) is 1.74. The quantitative estimate of drug-likeness (QED) is 0.123. The Balaban J connectivity index is 3.32. The van der Waals surface area contributed by atoms with Gasteiger partial charge in [0, 0.05) is 19.8 Å². The summed E-state index contributed by atoms with van der Waals surface area (Å²) in [6.07, 6.45) is 13.9. The van der Waals surface area contributed by atoms with Crippen LogP contribution in [0.1, 0.15) is 84.5 Å². The second kappa shape index (κ2) is 16.5. The van der Waals surface area contributed by atoms with E-state index >= 15 is 0 Å². The maximum atomic E-state index is 11.2. The molecule has 0 aromatic carbocycles. The van der Waals surface area contributed by atoms with Crippen molar-refractivity contribution in [3.63, 3.8) is 0 Å². The second-order valence-electron chi connectivity index (χ2n) is 7.23.